The quantitative estimate of drug-likeness (QED) is 0.624. The molecule has 162 valence electrons. The van der Waals surface area contributed by atoms with E-state index in [0.717, 1.165) is 29.9 Å². The van der Waals surface area contributed by atoms with E-state index in [0.29, 0.717) is 24.2 Å². The number of nitrogens with one attached hydrogen (secondary N) is 2. The number of benzene rings is 1. The third kappa shape index (κ3) is 5.05. The molecule has 7 heteroatoms. The molecular weight excluding hydrogens is 392 g/mol. The molecule has 2 N–H and O–H groups in total. The summed E-state index contributed by atoms with van der Waals surface area (Å²) in [6, 6.07) is 8.95. The van der Waals surface area contributed by atoms with E-state index in [9.17, 15) is 9.59 Å². The second-order valence-electron chi connectivity index (χ2n) is 8.99. The lowest BCUT2D eigenvalue weighted by atomic mass is 9.74. The van der Waals surface area contributed by atoms with Crippen LogP contribution in [0.1, 0.15) is 60.2 Å². The van der Waals surface area contributed by atoms with E-state index < -0.39 is 0 Å². The molecule has 3 aromatic rings. The van der Waals surface area contributed by atoms with Crippen molar-refractivity contribution in [2.24, 2.45) is 5.41 Å². The molecule has 7 nitrogen and oxygen atoms in total. The minimum absolute atomic E-state index is 0.0420. The van der Waals surface area contributed by atoms with Gasteiger partial charge in [0.25, 0.3) is 5.91 Å². The summed E-state index contributed by atoms with van der Waals surface area (Å²) >= 11 is 0. The number of anilines is 1. The van der Waals surface area contributed by atoms with E-state index in [1.807, 2.05) is 23.8 Å². The van der Waals surface area contributed by atoms with Gasteiger partial charge in [0.1, 0.15) is 11.5 Å². The number of rotatable bonds is 6. The van der Waals surface area contributed by atoms with Gasteiger partial charge in [-0.2, -0.15) is 0 Å². The van der Waals surface area contributed by atoms with Gasteiger partial charge in [0.05, 0.1) is 12.4 Å². The minimum atomic E-state index is -0.165. The van der Waals surface area contributed by atoms with Crippen LogP contribution in [0.15, 0.2) is 53.5 Å². The molecule has 1 aliphatic carbocycles. The normalized spacial score (nSPS) is 17.1. The van der Waals surface area contributed by atoms with Gasteiger partial charge in [0, 0.05) is 48.6 Å². The van der Waals surface area contributed by atoms with Crippen LogP contribution in [0.2, 0.25) is 0 Å². The standard InChI is InChI=1S/C24H28N4O3/c1-16-11-19-20(13-24(2,3)14-21(19)31-16)27-23(30)17-5-4-6-18(12-17)26-22(29)7-9-28-10-8-25-15-28/h4-6,8,10-12,15,20H,7,9,13-14H2,1-3H3,(H,26,29)(H,27,30). The number of imidazole rings is 1. The van der Waals surface area contributed by atoms with Crippen LogP contribution in [0, 0.1) is 12.3 Å². The second kappa shape index (κ2) is 8.41. The predicted molar refractivity (Wildman–Crippen MR) is 118 cm³/mol. The van der Waals surface area contributed by atoms with Crippen molar-refractivity contribution < 1.29 is 14.0 Å². The summed E-state index contributed by atoms with van der Waals surface area (Å²) < 4.78 is 7.72. The first-order valence-corrected chi connectivity index (χ1v) is 10.5. The van der Waals surface area contributed by atoms with Crippen molar-refractivity contribution in [3.8, 4) is 0 Å². The lowest BCUT2D eigenvalue weighted by Gasteiger charge is -2.34. The highest BCUT2D eigenvalue weighted by atomic mass is 16.3. The molecule has 4 rings (SSSR count). The Morgan fingerprint density at radius 1 is 1.29 bits per heavy atom. The Morgan fingerprint density at radius 3 is 2.90 bits per heavy atom. The highest BCUT2D eigenvalue weighted by molar-refractivity contribution is 5.97. The fraction of sp³-hybridized carbons (Fsp3) is 0.375. The zero-order chi connectivity index (χ0) is 22.0. The summed E-state index contributed by atoms with van der Waals surface area (Å²) in [5, 5.41) is 6.03. The first-order valence-electron chi connectivity index (χ1n) is 10.5. The maximum absolute atomic E-state index is 13.0. The molecule has 0 bridgehead atoms. The molecule has 0 spiro atoms. The van der Waals surface area contributed by atoms with Crippen molar-refractivity contribution in [3.05, 3.63) is 71.7 Å². The fourth-order valence-electron chi connectivity index (χ4n) is 4.17. The fourth-order valence-corrected chi connectivity index (χ4v) is 4.17. The Labute approximate surface area is 181 Å². The number of amides is 2. The van der Waals surface area contributed by atoms with Gasteiger partial charge in [-0.25, -0.2) is 4.98 Å². The van der Waals surface area contributed by atoms with Crippen molar-refractivity contribution in [3.63, 3.8) is 0 Å². The molecule has 0 saturated heterocycles. The molecule has 0 aliphatic heterocycles. The summed E-state index contributed by atoms with van der Waals surface area (Å²) in [6.07, 6.45) is 7.21. The number of aryl methyl sites for hydroxylation is 2. The van der Waals surface area contributed by atoms with Crippen LogP contribution in [-0.2, 0) is 17.8 Å². The molecule has 2 heterocycles. The van der Waals surface area contributed by atoms with Crippen LogP contribution >= 0.6 is 0 Å². The average molecular weight is 421 g/mol. The van der Waals surface area contributed by atoms with E-state index >= 15 is 0 Å². The molecule has 1 atom stereocenters. The summed E-state index contributed by atoms with van der Waals surface area (Å²) in [5.41, 5.74) is 2.22. The van der Waals surface area contributed by atoms with E-state index in [-0.39, 0.29) is 23.3 Å². The van der Waals surface area contributed by atoms with Gasteiger partial charge >= 0.3 is 0 Å². The first-order chi connectivity index (χ1) is 14.8. The Balaban J connectivity index is 1.42. The topological polar surface area (TPSA) is 89.2 Å². The van der Waals surface area contributed by atoms with Crippen molar-refractivity contribution >= 4 is 17.5 Å². The Bertz CT molecular complexity index is 1080. The summed E-state index contributed by atoms with van der Waals surface area (Å²) in [5.74, 6) is 1.54. The van der Waals surface area contributed by atoms with Crippen molar-refractivity contribution in [2.75, 3.05) is 5.32 Å². The van der Waals surface area contributed by atoms with Crippen LogP contribution in [0.25, 0.3) is 0 Å². The first kappa shape index (κ1) is 20.9. The van der Waals surface area contributed by atoms with Gasteiger partial charge in [0.15, 0.2) is 0 Å². The highest BCUT2D eigenvalue weighted by Crippen LogP contribution is 2.42. The number of furan rings is 1. The van der Waals surface area contributed by atoms with E-state index in [4.69, 9.17) is 4.42 Å². The zero-order valence-electron chi connectivity index (χ0n) is 18.1. The third-order valence-corrected chi connectivity index (χ3v) is 5.61. The number of carbonyl (C=O) groups is 2. The van der Waals surface area contributed by atoms with Crippen molar-refractivity contribution in [1.29, 1.82) is 0 Å². The van der Waals surface area contributed by atoms with Crippen LogP contribution < -0.4 is 10.6 Å². The molecule has 0 fully saturated rings. The largest absolute Gasteiger partial charge is 0.466 e. The molecule has 2 aromatic heterocycles. The lowest BCUT2D eigenvalue weighted by molar-refractivity contribution is -0.116. The molecule has 1 aromatic carbocycles. The third-order valence-electron chi connectivity index (χ3n) is 5.61. The van der Waals surface area contributed by atoms with Crippen molar-refractivity contribution in [1.82, 2.24) is 14.9 Å². The van der Waals surface area contributed by atoms with Crippen LogP contribution in [-0.4, -0.2) is 21.4 Å². The molecular formula is C24H28N4O3. The van der Waals surface area contributed by atoms with Gasteiger partial charge in [-0.3, -0.25) is 9.59 Å². The number of carbonyl (C=O) groups excluding carboxylic acids is 2. The zero-order valence-corrected chi connectivity index (χ0v) is 18.1. The highest BCUT2D eigenvalue weighted by Gasteiger charge is 2.35. The lowest BCUT2D eigenvalue weighted by Crippen LogP contribution is -2.36. The Kier molecular flexibility index (Phi) is 5.67. The summed E-state index contributed by atoms with van der Waals surface area (Å²) in [6.45, 7) is 6.86. The van der Waals surface area contributed by atoms with Gasteiger partial charge in [0.2, 0.25) is 5.91 Å². The number of aromatic nitrogens is 2. The molecule has 0 radical (unpaired) electrons. The van der Waals surface area contributed by atoms with Crippen LogP contribution in [0.5, 0.6) is 0 Å². The van der Waals surface area contributed by atoms with Gasteiger partial charge in [-0.15, -0.1) is 0 Å². The molecule has 1 aliphatic rings. The number of nitrogens with zero attached hydrogens (tertiary/aromatic N) is 2. The number of fused-ring (bicyclic) bond motifs is 1. The van der Waals surface area contributed by atoms with Crippen molar-refractivity contribution in [2.45, 2.75) is 52.6 Å². The number of hydrogen-bond acceptors (Lipinski definition) is 4. The summed E-state index contributed by atoms with van der Waals surface area (Å²) in [7, 11) is 0. The predicted octanol–water partition coefficient (Wildman–Crippen LogP) is 4.26. The van der Waals surface area contributed by atoms with Crippen LogP contribution in [0.4, 0.5) is 5.69 Å². The maximum Gasteiger partial charge on any atom is 0.251 e. The summed E-state index contributed by atoms with van der Waals surface area (Å²) in [4.78, 5) is 29.2. The molecule has 2 amide bonds. The van der Waals surface area contributed by atoms with Crippen LogP contribution in [0.3, 0.4) is 0 Å². The van der Waals surface area contributed by atoms with Gasteiger partial charge in [-0.1, -0.05) is 19.9 Å². The van der Waals surface area contributed by atoms with Gasteiger partial charge in [-0.05, 0) is 43.0 Å². The van der Waals surface area contributed by atoms with Gasteiger partial charge < -0.3 is 19.6 Å². The average Bonchev–Trinajstić information content (AvgIpc) is 3.34. The van der Waals surface area contributed by atoms with E-state index in [1.54, 1.807) is 36.8 Å². The van der Waals surface area contributed by atoms with E-state index in [2.05, 4.69) is 29.5 Å². The monoisotopic (exact) mass is 420 g/mol. The smallest absolute Gasteiger partial charge is 0.251 e. The SMILES string of the molecule is Cc1cc2c(o1)CC(C)(C)CC2NC(=O)c1cccc(NC(=O)CCn2ccnc2)c1. The Morgan fingerprint density at radius 2 is 2.13 bits per heavy atom. The molecule has 31 heavy (non-hydrogen) atoms. The second-order valence-corrected chi connectivity index (χ2v) is 8.99. The maximum atomic E-state index is 13.0. The van der Waals surface area contributed by atoms with E-state index in [1.165, 1.54) is 0 Å². The number of hydrogen-bond donors (Lipinski definition) is 2. The molecule has 1 unspecified atom stereocenters. The Hall–Kier alpha value is -3.35. The minimum Gasteiger partial charge on any atom is -0.466 e. The molecule has 0 saturated carbocycles.